The first-order valence-electron chi connectivity index (χ1n) is 20.7. The second-order valence-corrected chi connectivity index (χ2v) is 16.8. The highest BCUT2D eigenvalue weighted by molar-refractivity contribution is 6.21. The van der Waals surface area contributed by atoms with Crippen molar-refractivity contribution in [2.45, 2.75) is 77.0 Å². The molecule has 0 fully saturated rings. The molecule has 0 aliphatic carbocycles. The van der Waals surface area contributed by atoms with Crippen LogP contribution in [0.4, 0.5) is 11.4 Å². The van der Waals surface area contributed by atoms with E-state index in [1.165, 1.54) is 60.4 Å². The molecule has 0 radical (unpaired) electrons. The van der Waals surface area contributed by atoms with Crippen LogP contribution in [0, 0.1) is 0 Å². The van der Waals surface area contributed by atoms with Gasteiger partial charge in [0.15, 0.2) is 5.71 Å². The van der Waals surface area contributed by atoms with E-state index in [1.807, 2.05) is 0 Å². The monoisotopic (exact) mass is 770 g/mol. The Balaban J connectivity index is 1.06. The largest absolute Gasteiger partial charge is 0.481 e. The van der Waals surface area contributed by atoms with Gasteiger partial charge in [-0.15, -0.1) is 0 Å². The first kappa shape index (κ1) is 38.8. The van der Waals surface area contributed by atoms with Crippen LogP contribution in [0.25, 0.3) is 21.5 Å². The fourth-order valence-corrected chi connectivity index (χ4v) is 9.62. The Morgan fingerprint density at radius 3 is 1.91 bits per heavy atom. The first-order chi connectivity index (χ1) is 28.0. The van der Waals surface area contributed by atoms with Gasteiger partial charge in [-0.05, 0) is 97.0 Å². The molecule has 0 bridgehead atoms. The normalized spacial score (nSPS) is 17.5. The number of anilines is 1. The van der Waals surface area contributed by atoms with Crippen molar-refractivity contribution < 1.29 is 24.1 Å². The third-order valence-corrected chi connectivity index (χ3v) is 12.4. The molecule has 0 atom stereocenters. The summed E-state index contributed by atoms with van der Waals surface area (Å²) in [5.41, 5.74) is 8.00. The lowest BCUT2D eigenvalue weighted by Crippen LogP contribution is -2.32. The number of hydrogen-bond donors (Lipinski definition) is 1. The van der Waals surface area contributed by atoms with Gasteiger partial charge in [-0.1, -0.05) is 98.8 Å². The Kier molecular flexibility index (Phi) is 10.5. The van der Waals surface area contributed by atoms with Crippen LogP contribution in [-0.4, -0.2) is 57.7 Å². The van der Waals surface area contributed by atoms with E-state index in [0.717, 1.165) is 32.4 Å². The molecule has 0 spiro atoms. The van der Waals surface area contributed by atoms with Gasteiger partial charge in [0.25, 0.3) is 11.8 Å². The van der Waals surface area contributed by atoms with Gasteiger partial charge >= 0.3 is 5.97 Å². The Hall–Kier alpha value is -6.08. The topological polar surface area (TPSA) is 80.9 Å². The SMILES string of the molecule is CC1(C)C(=CC=CC=CC2=[N+](CCCCCC(=O)O)c3ccc4ccccc4c3C2(C)C)N(CCCCN2C(=O)c3ccccc3C2=O)c2ccc3ccccc3c21. The molecule has 3 heterocycles. The van der Waals surface area contributed by atoms with E-state index in [0.29, 0.717) is 30.5 Å². The van der Waals surface area contributed by atoms with Gasteiger partial charge in [0.05, 0.1) is 16.5 Å². The van der Waals surface area contributed by atoms with Crippen LogP contribution >= 0.6 is 0 Å². The van der Waals surface area contributed by atoms with Crippen LogP contribution in [-0.2, 0) is 15.6 Å². The van der Waals surface area contributed by atoms with E-state index in [1.54, 1.807) is 24.3 Å². The number of hydrogen-bond acceptors (Lipinski definition) is 4. The third-order valence-electron chi connectivity index (χ3n) is 12.4. The van der Waals surface area contributed by atoms with Gasteiger partial charge < -0.3 is 10.0 Å². The summed E-state index contributed by atoms with van der Waals surface area (Å²) in [6, 6.07) is 33.2. The Morgan fingerprint density at radius 1 is 0.638 bits per heavy atom. The minimum Gasteiger partial charge on any atom is -0.481 e. The van der Waals surface area contributed by atoms with E-state index in [4.69, 9.17) is 0 Å². The molecule has 294 valence electrons. The summed E-state index contributed by atoms with van der Waals surface area (Å²) >= 11 is 0. The highest BCUT2D eigenvalue weighted by Gasteiger charge is 2.45. The molecule has 5 aromatic carbocycles. The molecular formula is C51H52N3O4+. The van der Waals surface area contributed by atoms with E-state index in [9.17, 15) is 19.5 Å². The van der Waals surface area contributed by atoms with Crippen molar-refractivity contribution in [3.63, 3.8) is 0 Å². The van der Waals surface area contributed by atoms with Crippen molar-refractivity contribution in [2.24, 2.45) is 0 Å². The molecule has 1 N–H and O–H groups in total. The standard InChI is InChI=1S/C51H51N3O4/c1-50(2)43(52(32-16-6-9-27-45(55)56)41-30-28-35-19-10-12-21-37(35)46(41)50)25-7-5-8-26-44-51(3,4)47-38-22-13-11-20-36(38)29-31-42(47)53(44)33-17-18-34-54-48(57)39-23-14-15-24-40(39)49(54)58/h5,7-8,10-15,19-26,28-31H,6,9,16-18,27,32-34H2,1-4H3/p+1. The van der Waals surface area contributed by atoms with Crippen molar-refractivity contribution in [3.05, 3.63) is 155 Å². The molecule has 7 nitrogen and oxygen atoms in total. The Labute approximate surface area is 341 Å². The summed E-state index contributed by atoms with van der Waals surface area (Å²) in [5, 5.41) is 14.1. The highest BCUT2D eigenvalue weighted by atomic mass is 16.4. The van der Waals surface area contributed by atoms with Crippen LogP contribution in [0.5, 0.6) is 0 Å². The molecule has 2 amide bonds. The fourth-order valence-electron chi connectivity index (χ4n) is 9.62. The zero-order chi connectivity index (χ0) is 40.6. The Bertz CT molecular complexity index is 2550. The number of rotatable bonds is 14. The summed E-state index contributed by atoms with van der Waals surface area (Å²) in [6.45, 7) is 11.2. The van der Waals surface area contributed by atoms with Crippen LogP contribution in [0.3, 0.4) is 0 Å². The zero-order valence-electron chi connectivity index (χ0n) is 34.0. The predicted molar refractivity (Wildman–Crippen MR) is 235 cm³/mol. The van der Waals surface area contributed by atoms with E-state index < -0.39 is 5.97 Å². The van der Waals surface area contributed by atoms with Crippen molar-refractivity contribution in [1.82, 2.24) is 4.90 Å². The number of allylic oxidation sites excluding steroid dienone is 6. The van der Waals surface area contributed by atoms with Gasteiger partial charge in [-0.25, -0.2) is 0 Å². The molecule has 0 unspecified atom stereocenters. The van der Waals surface area contributed by atoms with Gasteiger partial charge in [-0.2, -0.15) is 4.58 Å². The van der Waals surface area contributed by atoms with Crippen molar-refractivity contribution in [1.29, 1.82) is 0 Å². The van der Waals surface area contributed by atoms with Crippen molar-refractivity contribution in [3.8, 4) is 0 Å². The summed E-state index contributed by atoms with van der Waals surface area (Å²) in [6.07, 6.45) is 15.1. The molecule has 3 aliphatic heterocycles. The average Bonchev–Trinajstić information content (AvgIpc) is 3.69. The van der Waals surface area contributed by atoms with Gasteiger partial charge in [0.1, 0.15) is 6.54 Å². The number of carboxylic acids is 1. The number of carboxylic acid groups (broad SMARTS) is 1. The molecule has 0 saturated heterocycles. The van der Waals surface area contributed by atoms with Gasteiger partial charge in [-0.3, -0.25) is 19.3 Å². The van der Waals surface area contributed by atoms with Crippen LogP contribution < -0.4 is 4.90 Å². The number of carbonyl (C=O) groups is 3. The van der Waals surface area contributed by atoms with E-state index >= 15 is 0 Å². The molecular weight excluding hydrogens is 719 g/mol. The number of benzene rings is 5. The lowest BCUT2D eigenvalue weighted by atomic mass is 9.79. The number of amides is 2. The van der Waals surface area contributed by atoms with Gasteiger partial charge in [0.2, 0.25) is 5.69 Å². The van der Waals surface area contributed by atoms with E-state index in [-0.39, 0.29) is 29.1 Å². The van der Waals surface area contributed by atoms with Crippen LogP contribution in [0.15, 0.2) is 133 Å². The molecule has 5 aromatic rings. The summed E-state index contributed by atoms with van der Waals surface area (Å²) in [4.78, 5) is 41.1. The minimum absolute atomic E-state index is 0.200. The van der Waals surface area contributed by atoms with Gasteiger partial charge in [0, 0.05) is 60.4 Å². The van der Waals surface area contributed by atoms with Crippen molar-refractivity contribution >= 4 is 56.4 Å². The number of carbonyl (C=O) groups excluding carboxylic acids is 2. The lowest BCUT2D eigenvalue weighted by molar-refractivity contribution is -0.438. The zero-order valence-corrected chi connectivity index (χ0v) is 34.0. The van der Waals surface area contributed by atoms with Crippen LogP contribution in [0.1, 0.15) is 98.1 Å². The fraction of sp³-hybridized carbons (Fsp3) is 0.294. The number of nitrogens with zero attached hydrogens (tertiary/aromatic N) is 3. The predicted octanol–water partition coefficient (Wildman–Crippen LogP) is 10.9. The second kappa shape index (κ2) is 15.7. The highest BCUT2D eigenvalue weighted by Crippen LogP contribution is 2.51. The maximum Gasteiger partial charge on any atom is 0.303 e. The number of fused-ring (bicyclic) bond motifs is 7. The number of unbranched alkanes of at least 4 members (excludes halogenated alkanes) is 3. The molecule has 8 rings (SSSR count). The third kappa shape index (κ3) is 6.86. The molecule has 0 aromatic heterocycles. The number of aliphatic carboxylic acids is 1. The summed E-state index contributed by atoms with van der Waals surface area (Å²) in [5.74, 6) is -1.14. The van der Waals surface area contributed by atoms with E-state index in [2.05, 4.69) is 140 Å². The van der Waals surface area contributed by atoms with Crippen LogP contribution in [0.2, 0.25) is 0 Å². The minimum atomic E-state index is -0.739. The maximum atomic E-state index is 13.0. The lowest BCUT2D eigenvalue weighted by Gasteiger charge is -2.27. The average molecular weight is 771 g/mol. The summed E-state index contributed by atoms with van der Waals surface area (Å²) < 4.78 is 2.44. The smallest absolute Gasteiger partial charge is 0.303 e. The maximum absolute atomic E-state index is 13.0. The molecule has 58 heavy (non-hydrogen) atoms. The molecule has 3 aliphatic rings. The molecule has 7 heteroatoms. The molecule has 0 saturated carbocycles. The quantitative estimate of drug-likeness (QED) is 0.0526. The first-order valence-corrected chi connectivity index (χ1v) is 20.7. The van der Waals surface area contributed by atoms with Crippen molar-refractivity contribution in [2.75, 3.05) is 24.5 Å². The summed E-state index contributed by atoms with van der Waals surface area (Å²) in [7, 11) is 0. The number of imide groups is 1. The second-order valence-electron chi connectivity index (χ2n) is 16.8. The Morgan fingerprint density at radius 2 is 1.24 bits per heavy atom.